The molecule has 1 aromatic carbocycles. The lowest BCUT2D eigenvalue weighted by Gasteiger charge is -2.16. The summed E-state index contributed by atoms with van der Waals surface area (Å²) in [6, 6.07) is 10.9. The third-order valence-electron chi connectivity index (χ3n) is 2.95. The highest BCUT2D eigenvalue weighted by molar-refractivity contribution is 9.10. The van der Waals surface area contributed by atoms with Crippen LogP contribution in [0.25, 0.3) is 0 Å². The van der Waals surface area contributed by atoms with Gasteiger partial charge in [0, 0.05) is 36.0 Å². The first-order valence-electron chi connectivity index (χ1n) is 6.34. The van der Waals surface area contributed by atoms with Gasteiger partial charge in [0.15, 0.2) is 0 Å². The summed E-state index contributed by atoms with van der Waals surface area (Å²) in [5.41, 5.74) is 0.919. The van der Waals surface area contributed by atoms with Crippen molar-refractivity contribution in [2.24, 2.45) is 0 Å². The molecule has 0 fully saturated rings. The van der Waals surface area contributed by atoms with Crippen LogP contribution < -0.4 is 0 Å². The van der Waals surface area contributed by atoms with E-state index in [0.717, 1.165) is 14.9 Å². The van der Waals surface area contributed by atoms with E-state index in [2.05, 4.69) is 15.9 Å². The van der Waals surface area contributed by atoms with Crippen LogP contribution in [-0.4, -0.2) is 31.5 Å². The van der Waals surface area contributed by atoms with Crippen LogP contribution in [0.2, 0.25) is 0 Å². The molecule has 0 saturated carbocycles. The van der Waals surface area contributed by atoms with Crippen LogP contribution >= 0.6 is 27.3 Å². The largest absolute Gasteiger partial charge is 0.396 e. The zero-order valence-electron chi connectivity index (χ0n) is 11.5. The van der Waals surface area contributed by atoms with Gasteiger partial charge in [0.2, 0.25) is 0 Å². The number of aliphatic hydroxyl groups excluding tert-OH is 1. The number of hydrogen-bond acceptors (Lipinski definition) is 4. The molecule has 7 heteroatoms. The van der Waals surface area contributed by atoms with Gasteiger partial charge < -0.3 is 5.11 Å². The molecule has 2 aromatic rings. The summed E-state index contributed by atoms with van der Waals surface area (Å²) < 4.78 is 27.6. The number of aliphatic hydroxyl groups is 1. The average Bonchev–Trinajstić information content (AvgIpc) is 2.88. The van der Waals surface area contributed by atoms with Crippen LogP contribution in [0, 0.1) is 0 Å². The smallest absolute Gasteiger partial charge is 0.252 e. The van der Waals surface area contributed by atoms with Crippen LogP contribution in [0.1, 0.15) is 10.4 Å². The molecule has 0 radical (unpaired) electrons. The minimum Gasteiger partial charge on any atom is -0.396 e. The van der Waals surface area contributed by atoms with Crippen molar-refractivity contribution in [3.8, 4) is 0 Å². The van der Waals surface area contributed by atoms with Gasteiger partial charge in [-0.2, -0.15) is 4.31 Å². The van der Waals surface area contributed by atoms with E-state index in [1.54, 1.807) is 19.2 Å². The Labute approximate surface area is 137 Å². The molecule has 0 atom stereocenters. The highest BCUT2D eigenvalue weighted by atomic mass is 79.9. The Morgan fingerprint density at radius 3 is 2.71 bits per heavy atom. The molecule has 0 aliphatic heterocycles. The van der Waals surface area contributed by atoms with Crippen molar-refractivity contribution in [3.63, 3.8) is 0 Å². The van der Waals surface area contributed by atoms with Gasteiger partial charge in [-0.25, -0.2) is 8.42 Å². The zero-order chi connectivity index (χ0) is 15.5. The predicted molar refractivity (Wildman–Crippen MR) is 87.9 cm³/mol. The number of halogens is 1. The summed E-state index contributed by atoms with van der Waals surface area (Å²) in [6.45, 7) is 0.336. The normalized spacial score (nSPS) is 12.0. The third kappa shape index (κ3) is 4.14. The number of thiophene rings is 1. The van der Waals surface area contributed by atoms with Gasteiger partial charge in [0.25, 0.3) is 10.0 Å². The summed E-state index contributed by atoms with van der Waals surface area (Å²) in [6.07, 6.45) is 0.482. The lowest BCUT2D eigenvalue weighted by Crippen LogP contribution is -2.25. The van der Waals surface area contributed by atoms with Crippen molar-refractivity contribution in [1.82, 2.24) is 4.31 Å². The van der Waals surface area contributed by atoms with Crippen LogP contribution in [0.4, 0.5) is 0 Å². The maximum atomic E-state index is 12.5. The second kappa shape index (κ2) is 7.02. The standard InChI is InChI=1S/C14H16BrNO3S2/c1-16(10-11-3-2-4-12(15)9-11)21(18,19)14-6-5-13(20-14)7-8-17/h2-6,9,17H,7-8,10H2,1H3. The Kier molecular flexibility index (Phi) is 5.56. The summed E-state index contributed by atoms with van der Waals surface area (Å²) in [5, 5.41) is 8.90. The van der Waals surface area contributed by atoms with Crippen LogP contribution in [-0.2, 0) is 23.0 Å². The SMILES string of the molecule is CN(Cc1cccc(Br)c1)S(=O)(=O)c1ccc(CCO)s1. The van der Waals surface area contributed by atoms with E-state index in [1.165, 1.54) is 15.6 Å². The van der Waals surface area contributed by atoms with Crippen LogP contribution in [0.3, 0.4) is 0 Å². The van der Waals surface area contributed by atoms with Gasteiger partial charge in [-0.05, 0) is 29.8 Å². The van der Waals surface area contributed by atoms with Gasteiger partial charge >= 0.3 is 0 Å². The Morgan fingerprint density at radius 2 is 2.05 bits per heavy atom. The molecule has 0 aliphatic carbocycles. The number of rotatable bonds is 6. The van der Waals surface area contributed by atoms with E-state index in [1.807, 2.05) is 24.3 Å². The zero-order valence-corrected chi connectivity index (χ0v) is 14.7. The highest BCUT2D eigenvalue weighted by Crippen LogP contribution is 2.25. The van der Waals surface area contributed by atoms with Crippen molar-refractivity contribution >= 4 is 37.3 Å². The molecule has 1 N–H and O–H groups in total. The minimum absolute atomic E-state index is 0.0217. The molecule has 0 unspecified atom stereocenters. The minimum atomic E-state index is -3.49. The maximum Gasteiger partial charge on any atom is 0.252 e. The van der Waals surface area contributed by atoms with Crippen LogP contribution in [0.15, 0.2) is 45.1 Å². The summed E-state index contributed by atoms with van der Waals surface area (Å²) >= 11 is 4.59. The van der Waals surface area contributed by atoms with Gasteiger partial charge in [0.1, 0.15) is 4.21 Å². The molecule has 4 nitrogen and oxygen atoms in total. The number of sulfonamides is 1. The molecule has 2 rings (SSSR count). The Bertz CT molecular complexity index is 713. The maximum absolute atomic E-state index is 12.5. The summed E-state index contributed by atoms with van der Waals surface area (Å²) in [4.78, 5) is 0.868. The highest BCUT2D eigenvalue weighted by Gasteiger charge is 2.22. The topological polar surface area (TPSA) is 57.6 Å². The third-order valence-corrected chi connectivity index (χ3v) is 6.86. The molecule has 1 heterocycles. The predicted octanol–water partition coefficient (Wildman–Crippen LogP) is 2.87. The molecule has 0 bridgehead atoms. The summed E-state index contributed by atoms with van der Waals surface area (Å²) in [5.74, 6) is 0. The van der Waals surface area contributed by atoms with Gasteiger partial charge in [0.05, 0.1) is 0 Å². The molecular weight excluding hydrogens is 374 g/mol. The Hall–Kier alpha value is -0.730. The fraction of sp³-hybridized carbons (Fsp3) is 0.286. The lowest BCUT2D eigenvalue weighted by molar-refractivity contribution is 0.300. The van der Waals surface area contributed by atoms with Crippen molar-refractivity contribution in [3.05, 3.63) is 51.3 Å². The molecule has 1 aromatic heterocycles. The van der Waals surface area contributed by atoms with Crippen molar-refractivity contribution < 1.29 is 13.5 Å². The number of benzene rings is 1. The molecule has 21 heavy (non-hydrogen) atoms. The second-order valence-electron chi connectivity index (χ2n) is 4.59. The number of nitrogens with zero attached hydrogens (tertiary/aromatic N) is 1. The first-order chi connectivity index (χ1) is 9.93. The van der Waals surface area contributed by atoms with Crippen molar-refractivity contribution in [1.29, 1.82) is 0 Å². The quantitative estimate of drug-likeness (QED) is 0.825. The van der Waals surface area contributed by atoms with E-state index in [0.29, 0.717) is 17.2 Å². The van der Waals surface area contributed by atoms with Crippen molar-refractivity contribution in [2.75, 3.05) is 13.7 Å². The first-order valence-corrected chi connectivity index (χ1v) is 9.39. The van der Waals surface area contributed by atoms with Gasteiger partial charge in [-0.1, -0.05) is 28.1 Å². The molecule has 114 valence electrons. The average molecular weight is 390 g/mol. The molecular formula is C14H16BrNO3S2. The first kappa shape index (κ1) is 16.6. The second-order valence-corrected chi connectivity index (χ2v) is 8.94. The molecule has 0 amide bonds. The van der Waals surface area contributed by atoms with Crippen molar-refractivity contribution in [2.45, 2.75) is 17.2 Å². The number of hydrogen-bond donors (Lipinski definition) is 1. The fourth-order valence-electron chi connectivity index (χ4n) is 1.87. The summed E-state index contributed by atoms with van der Waals surface area (Å²) in [7, 11) is -1.92. The fourth-order valence-corrected chi connectivity index (χ4v) is 5.03. The van der Waals surface area contributed by atoms with E-state index in [-0.39, 0.29) is 6.61 Å². The van der Waals surface area contributed by atoms with Crippen LogP contribution in [0.5, 0.6) is 0 Å². The monoisotopic (exact) mass is 389 g/mol. The lowest BCUT2D eigenvalue weighted by atomic mass is 10.2. The van der Waals surface area contributed by atoms with E-state index in [9.17, 15) is 8.42 Å². The van der Waals surface area contributed by atoms with E-state index in [4.69, 9.17) is 5.11 Å². The van der Waals surface area contributed by atoms with E-state index >= 15 is 0 Å². The Morgan fingerprint density at radius 1 is 1.29 bits per heavy atom. The van der Waals surface area contributed by atoms with Gasteiger partial charge in [-0.15, -0.1) is 11.3 Å². The molecule has 0 aliphatic rings. The Balaban J connectivity index is 2.17. The van der Waals surface area contributed by atoms with E-state index < -0.39 is 10.0 Å². The molecule has 0 spiro atoms. The van der Waals surface area contributed by atoms with Gasteiger partial charge in [-0.3, -0.25) is 0 Å². The molecule has 0 saturated heterocycles.